The van der Waals surface area contributed by atoms with Gasteiger partial charge in [0.1, 0.15) is 0 Å². The first-order valence-corrected chi connectivity index (χ1v) is 13.1. The molecular formula is C25H49N5O2. The molecule has 0 atom stereocenters. The van der Waals surface area contributed by atoms with E-state index in [4.69, 9.17) is 0 Å². The van der Waals surface area contributed by atoms with Crippen molar-refractivity contribution in [1.82, 2.24) is 25.3 Å². The van der Waals surface area contributed by atoms with Crippen LogP contribution in [0, 0.1) is 11.8 Å². The second-order valence-corrected chi connectivity index (χ2v) is 9.89. The second kappa shape index (κ2) is 15.6. The number of unbranched alkanes of at least 4 members (excludes halogenated alkanes) is 1. The van der Waals surface area contributed by atoms with Gasteiger partial charge in [0.15, 0.2) is 0 Å². The fourth-order valence-electron chi connectivity index (χ4n) is 5.15. The van der Waals surface area contributed by atoms with Crippen molar-refractivity contribution in [2.45, 2.75) is 64.7 Å². The highest BCUT2D eigenvalue weighted by atomic mass is 16.2. The third-order valence-electron chi connectivity index (χ3n) is 7.45. The van der Waals surface area contributed by atoms with Gasteiger partial charge in [-0.1, -0.05) is 13.3 Å². The Labute approximate surface area is 196 Å². The predicted octanol–water partition coefficient (Wildman–Crippen LogP) is 2.17. The zero-order valence-electron chi connectivity index (χ0n) is 21.0. The monoisotopic (exact) mass is 451 g/mol. The molecule has 2 fully saturated rings. The van der Waals surface area contributed by atoms with Crippen LogP contribution in [0.25, 0.3) is 0 Å². The van der Waals surface area contributed by atoms with Crippen molar-refractivity contribution in [3.8, 4) is 0 Å². The largest absolute Gasteiger partial charge is 0.359 e. The van der Waals surface area contributed by atoms with Gasteiger partial charge in [0.05, 0.1) is 0 Å². The molecule has 2 N–H and O–H groups in total. The van der Waals surface area contributed by atoms with E-state index in [9.17, 15) is 9.59 Å². The molecule has 0 spiro atoms. The molecule has 32 heavy (non-hydrogen) atoms. The minimum Gasteiger partial charge on any atom is -0.359 e. The van der Waals surface area contributed by atoms with Crippen LogP contribution in [0.5, 0.6) is 0 Å². The lowest BCUT2D eigenvalue weighted by Crippen LogP contribution is -2.42. The Morgan fingerprint density at radius 2 is 1.34 bits per heavy atom. The molecule has 0 aliphatic carbocycles. The summed E-state index contributed by atoms with van der Waals surface area (Å²) in [5, 5.41) is 5.81. The molecule has 2 heterocycles. The summed E-state index contributed by atoms with van der Waals surface area (Å²) in [6.07, 6.45) is 9.84. The van der Waals surface area contributed by atoms with Gasteiger partial charge in [0.2, 0.25) is 11.8 Å². The zero-order chi connectivity index (χ0) is 23.2. The molecule has 2 rings (SSSR count). The van der Waals surface area contributed by atoms with E-state index in [1.165, 1.54) is 38.5 Å². The number of piperidine rings is 2. The highest BCUT2D eigenvalue weighted by molar-refractivity contribution is 5.76. The number of likely N-dealkylation sites (tertiary alicyclic amines) is 2. The van der Waals surface area contributed by atoms with Gasteiger partial charge in [-0.3, -0.25) is 9.59 Å². The number of hydrogen-bond donors (Lipinski definition) is 2. The number of nitrogens with one attached hydrogen (secondary N) is 2. The minimum absolute atomic E-state index is 0.142. The van der Waals surface area contributed by atoms with Crippen molar-refractivity contribution in [2.75, 3.05) is 73.0 Å². The third kappa shape index (κ3) is 10.6. The number of carbonyl (C=O) groups excluding carboxylic acids is 2. The summed E-state index contributed by atoms with van der Waals surface area (Å²) in [4.78, 5) is 30.9. The molecular weight excluding hydrogens is 402 g/mol. The molecule has 7 nitrogen and oxygen atoms in total. The third-order valence-corrected chi connectivity index (χ3v) is 7.45. The normalized spacial score (nSPS) is 19.4. The average molecular weight is 452 g/mol. The van der Waals surface area contributed by atoms with Crippen LogP contribution in [-0.4, -0.2) is 99.5 Å². The van der Waals surface area contributed by atoms with Crippen molar-refractivity contribution in [2.24, 2.45) is 11.8 Å². The molecule has 0 saturated carbocycles. The topological polar surface area (TPSA) is 67.9 Å². The maximum Gasteiger partial charge on any atom is 0.221 e. The summed E-state index contributed by atoms with van der Waals surface area (Å²) in [6.45, 7) is 11.5. The fourth-order valence-corrected chi connectivity index (χ4v) is 5.15. The van der Waals surface area contributed by atoms with Crippen molar-refractivity contribution >= 4 is 11.8 Å². The van der Waals surface area contributed by atoms with Crippen LogP contribution >= 0.6 is 0 Å². The van der Waals surface area contributed by atoms with E-state index in [1.807, 2.05) is 0 Å². The SMILES string of the molecule is CCCCN(C)CCCNC(=O)CCN1CCC(C2CCN(CCC(=O)NC)CC2)CC1. The molecule has 2 aliphatic heterocycles. The van der Waals surface area contributed by atoms with Crippen LogP contribution in [0.2, 0.25) is 0 Å². The molecule has 0 aromatic heterocycles. The number of rotatable bonds is 14. The Hall–Kier alpha value is -1.18. The van der Waals surface area contributed by atoms with Crippen molar-refractivity contribution in [3.63, 3.8) is 0 Å². The fraction of sp³-hybridized carbons (Fsp3) is 0.920. The first-order chi connectivity index (χ1) is 15.5. The highest BCUT2D eigenvalue weighted by Gasteiger charge is 2.29. The van der Waals surface area contributed by atoms with E-state index in [1.54, 1.807) is 7.05 Å². The maximum absolute atomic E-state index is 12.2. The Balaban J connectivity index is 1.50. The van der Waals surface area contributed by atoms with Crippen LogP contribution in [0.1, 0.15) is 64.7 Å². The molecule has 0 aromatic carbocycles. The number of carbonyl (C=O) groups is 2. The van der Waals surface area contributed by atoms with Gasteiger partial charge in [0.25, 0.3) is 0 Å². The molecule has 0 unspecified atom stereocenters. The van der Waals surface area contributed by atoms with E-state index in [-0.39, 0.29) is 11.8 Å². The summed E-state index contributed by atoms with van der Waals surface area (Å²) >= 11 is 0. The van der Waals surface area contributed by atoms with Crippen LogP contribution in [0.4, 0.5) is 0 Å². The molecule has 2 amide bonds. The first kappa shape index (κ1) is 27.1. The molecule has 7 heteroatoms. The summed E-state index contributed by atoms with van der Waals surface area (Å²) in [5.41, 5.74) is 0. The number of nitrogens with zero attached hydrogens (tertiary/aromatic N) is 3. The van der Waals surface area contributed by atoms with Gasteiger partial charge in [-0.05, 0) is 96.7 Å². The lowest BCUT2D eigenvalue weighted by atomic mass is 9.79. The summed E-state index contributed by atoms with van der Waals surface area (Å²) < 4.78 is 0. The number of hydrogen-bond acceptors (Lipinski definition) is 5. The zero-order valence-corrected chi connectivity index (χ0v) is 21.0. The molecule has 2 saturated heterocycles. The summed E-state index contributed by atoms with van der Waals surface area (Å²) in [7, 11) is 3.88. The van der Waals surface area contributed by atoms with Crippen molar-refractivity contribution in [1.29, 1.82) is 0 Å². The van der Waals surface area contributed by atoms with E-state index in [2.05, 4.69) is 39.3 Å². The molecule has 0 radical (unpaired) electrons. The lowest BCUT2D eigenvalue weighted by Gasteiger charge is -2.40. The first-order valence-electron chi connectivity index (χ1n) is 13.1. The highest BCUT2D eigenvalue weighted by Crippen LogP contribution is 2.32. The standard InChI is InChI=1S/C25H49N5O2/c1-4-5-14-28(3)15-6-13-27-25(32)12-21-30-18-9-23(10-19-30)22-7-16-29(17-8-22)20-11-24(31)26-2/h22-23H,4-21H2,1-3H3,(H,26,31)(H,27,32). The van der Waals surface area contributed by atoms with Crippen LogP contribution in [-0.2, 0) is 9.59 Å². The Morgan fingerprint density at radius 1 is 0.844 bits per heavy atom. The summed E-state index contributed by atoms with van der Waals surface area (Å²) in [5.74, 6) is 2.02. The molecule has 186 valence electrons. The van der Waals surface area contributed by atoms with Crippen LogP contribution < -0.4 is 10.6 Å². The van der Waals surface area contributed by atoms with Crippen molar-refractivity contribution in [3.05, 3.63) is 0 Å². The second-order valence-electron chi connectivity index (χ2n) is 9.89. The lowest BCUT2D eigenvalue weighted by molar-refractivity contribution is -0.122. The van der Waals surface area contributed by atoms with E-state index < -0.39 is 0 Å². The van der Waals surface area contributed by atoms with Gasteiger partial charge in [-0.25, -0.2) is 0 Å². The van der Waals surface area contributed by atoms with Gasteiger partial charge >= 0.3 is 0 Å². The number of amides is 2. The Bertz CT molecular complexity index is 528. The quantitative estimate of drug-likeness (QED) is 0.396. The van der Waals surface area contributed by atoms with E-state index in [0.717, 1.165) is 77.2 Å². The maximum atomic E-state index is 12.2. The van der Waals surface area contributed by atoms with Crippen molar-refractivity contribution < 1.29 is 9.59 Å². The van der Waals surface area contributed by atoms with Crippen LogP contribution in [0.15, 0.2) is 0 Å². The average Bonchev–Trinajstić information content (AvgIpc) is 2.83. The van der Waals surface area contributed by atoms with Gasteiger partial charge in [0, 0.05) is 39.5 Å². The Morgan fingerprint density at radius 3 is 1.84 bits per heavy atom. The van der Waals surface area contributed by atoms with E-state index in [0.29, 0.717) is 12.8 Å². The molecule has 2 aliphatic rings. The Kier molecular flexibility index (Phi) is 13.2. The smallest absolute Gasteiger partial charge is 0.221 e. The van der Waals surface area contributed by atoms with Crippen LogP contribution in [0.3, 0.4) is 0 Å². The van der Waals surface area contributed by atoms with E-state index >= 15 is 0 Å². The van der Waals surface area contributed by atoms with Gasteiger partial charge in [-0.15, -0.1) is 0 Å². The minimum atomic E-state index is 0.142. The molecule has 0 bridgehead atoms. The summed E-state index contributed by atoms with van der Waals surface area (Å²) in [6, 6.07) is 0. The predicted molar refractivity (Wildman–Crippen MR) is 132 cm³/mol. The van der Waals surface area contributed by atoms with Gasteiger partial charge in [-0.2, -0.15) is 0 Å². The van der Waals surface area contributed by atoms with Gasteiger partial charge < -0.3 is 25.3 Å². The molecule has 0 aromatic rings.